The molecule has 0 aliphatic heterocycles. The number of ketones is 1. The Hall–Kier alpha value is -2.52. The quantitative estimate of drug-likeness (QED) is 0.707. The average Bonchev–Trinajstić information content (AvgIpc) is 2.60. The molecule has 9 heteroatoms. The Bertz CT molecular complexity index is 900. The number of hydrogen-bond donors (Lipinski definition) is 1. The van der Waals surface area contributed by atoms with Crippen molar-refractivity contribution >= 4 is 15.8 Å². The van der Waals surface area contributed by atoms with Gasteiger partial charge in [0.15, 0.2) is 17.3 Å². The summed E-state index contributed by atoms with van der Waals surface area (Å²) in [4.78, 5) is 11.3. The summed E-state index contributed by atoms with van der Waals surface area (Å²) in [7, 11) is -2.57. The molecule has 0 radical (unpaired) electrons. The van der Waals surface area contributed by atoms with Gasteiger partial charge in [-0.25, -0.2) is 13.1 Å². The highest BCUT2D eigenvalue weighted by molar-refractivity contribution is 7.89. The topological polar surface area (TPSA) is 81.7 Å². The van der Waals surface area contributed by atoms with Crippen LogP contribution in [0.25, 0.3) is 0 Å². The first kappa shape index (κ1) is 19.8. The van der Waals surface area contributed by atoms with Crippen molar-refractivity contribution in [3.8, 4) is 11.5 Å². The van der Waals surface area contributed by atoms with Gasteiger partial charge in [-0.1, -0.05) is 18.2 Å². The molecule has 0 saturated carbocycles. The molecule has 0 fully saturated rings. The van der Waals surface area contributed by atoms with Crippen molar-refractivity contribution in [1.82, 2.24) is 4.72 Å². The van der Waals surface area contributed by atoms with E-state index in [0.29, 0.717) is 5.56 Å². The van der Waals surface area contributed by atoms with Crippen LogP contribution in [0.4, 0.5) is 8.78 Å². The van der Waals surface area contributed by atoms with Crippen LogP contribution in [0.3, 0.4) is 0 Å². The van der Waals surface area contributed by atoms with E-state index in [-0.39, 0.29) is 34.3 Å². The summed E-state index contributed by atoms with van der Waals surface area (Å²) in [6.45, 7) is -1.76. The number of carbonyl (C=O) groups is 1. The standard InChI is InChI=1S/C17H17F2NO5S/c1-11(21)13-4-3-5-14(9-13)26(22,23)20-10-12-6-7-15(25-17(18)19)16(8-12)24-2/h3-9,17,20H,10H2,1-2H3. The van der Waals surface area contributed by atoms with Crippen LogP contribution in [0.2, 0.25) is 0 Å². The molecule has 0 aromatic heterocycles. The Morgan fingerprint density at radius 3 is 2.50 bits per heavy atom. The van der Waals surface area contributed by atoms with Gasteiger partial charge in [0.05, 0.1) is 12.0 Å². The number of halogens is 2. The first-order valence-electron chi connectivity index (χ1n) is 7.45. The van der Waals surface area contributed by atoms with Gasteiger partial charge in [-0.2, -0.15) is 8.78 Å². The molecule has 6 nitrogen and oxygen atoms in total. The minimum absolute atomic E-state index is 0.0465. The number of methoxy groups -OCH3 is 1. The highest BCUT2D eigenvalue weighted by atomic mass is 32.2. The number of alkyl halides is 2. The Morgan fingerprint density at radius 1 is 1.15 bits per heavy atom. The van der Waals surface area contributed by atoms with Gasteiger partial charge in [0, 0.05) is 12.1 Å². The number of Topliss-reactive ketones (excluding diaryl/α,β-unsaturated/α-hetero) is 1. The number of carbonyl (C=O) groups excluding carboxylic acids is 1. The number of ether oxygens (including phenoxy) is 2. The largest absolute Gasteiger partial charge is 0.493 e. The fourth-order valence-electron chi connectivity index (χ4n) is 2.16. The predicted molar refractivity (Wildman–Crippen MR) is 90.1 cm³/mol. The van der Waals surface area contributed by atoms with Crippen molar-refractivity contribution in [2.45, 2.75) is 25.0 Å². The lowest BCUT2D eigenvalue weighted by atomic mass is 10.2. The summed E-state index contributed by atoms with van der Waals surface area (Å²) >= 11 is 0. The minimum atomic E-state index is -3.86. The van der Waals surface area contributed by atoms with Crippen LogP contribution in [0.5, 0.6) is 11.5 Å². The van der Waals surface area contributed by atoms with E-state index in [0.717, 1.165) is 0 Å². The second-order valence-corrected chi connectivity index (χ2v) is 7.04. The molecule has 0 amide bonds. The highest BCUT2D eigenvalue weighted by Gasteiger charge is 2.16. The number of rotatable bonds is 8. The third-order valence-electron chi connectivity index (χ3n) is 3.46. The molecule has 0 aliphatic rings. The first-order valence-corrected chi connectivity index (χ1v) is 8.93. The maximum Gasteiger partial charge on any atom is 0.387 e. The van der Waals surface area contributed by atoms with Gasteiger partial charge >= 0.3 is 6.61 Å². The molecule has 2 aromatic rings. The van der Waals surface area contributed by atoms with Gasteiger partial charge in [-0.05, 0) is 36.8 Å². The molecule has 0 saturated heterocycles. The van der Waals surface area contributed by atoms with Crippen molar-refractivity contribution < 1.29 is 31.5 Å². The molecule has 26 heavy (non-hydrogen) atoms. The van der Waals surface area contributed by atoms with Gasteiger partial charge < -0.3 is 9.47 Å². The lowest BCUT2D eigenvalue weighted by Gasteiger charge is -2.12. The molecule has 1 N–H and O–H groups in total. The van der Waals surface area contributed by atoms with Crippen LogP contribution in [-0.2, 0) is 16.6 Å². The zero-order valence-corrected chi connectivity index (χ0v) is 14.8. The van der Waals surface area contributed by atoms with Crippen LogP contribution in [0.15, 0.2) is 47.4 Å². The summed E-state index contributed by atoms with van der Waals surface area (Å²) in [6, 6.07) is 9.75. The third kappa shape index (κ3) is 4.99. The molecule has 0 aliphatic carbocycles. The summed E-state index contributed by atoms with van der Waals surface area (Å²) in [5.41, 5.74) is 0.762. The lowest BCUT2D eigenvalue weighted by Crippen LogP contribution is -2.23. The molecule has 0 atom stereocenters. The van der Waals surface area contributed by atoms with Crippen LogP contribution in [-0.4, -0.2) is 27.9 Å². The van der Waals surface area contributed by atoms with Crippen molar-refractivity contribution in [1.29, 1.82) is 0 Å². The normalized spacial score (nSPS) is 11.4. The average molecular weight is 385 g/mol. The molecule has 140 valence electrons. The SMILES string of the molecule is COc1cc(CNS(=O)(=O)c2cccc(C(C)=O)c2)ccc1OC(F)F. The van der Waals surface area contributed by atoms with E-state index >= 15 is 0 Å². The van der Waals surface area contributed by atoms with E-state index in [4.69, 9.17) is 4.74 Å². The predicted octanol–water partition coefficient (Wildman–Crippen LogP) is 2.98. The third-order valence-corrected chi connectivity index (χ3v) is 4.86. The second-order valence-electron chi connectivity index (χ2n) is 5.27. The maximum absolute atomic E-state index is 12.4. The summed E-state index contributed by atoms with van der Waals surface area (Å²) in [5, 5.41) is 0. The zero-order valence-electron chi connectivity index (χ0n) is 14.0. The Kier molecular flexibility index (Phi) is 6.27. The van der Waals surface area contributed by atoms with E-state index in [1.54, 1.807) is 0 Å². The van der Waals surface area contributed by atoms with Crippen molar-refractivity contribution in [2.75, 3.05) is 7.11 Å². The molecule has 0 spiro atoms. The van der Waals surface area contributed by atoms with Gasteiger partial charge in [-0.15, -0.1) is 0 Å². The minimum Gasteiger partial charge on any atom is -0.493 e. The van der Waals surface area contributed by atoms with Crippen LogP contribution >= 0.6 is 0 Å². The fraction of sp³-hybridized carbons (Fsp3) is 0.235. The van der Waals surface area contributed by atoms with Gasteiger partial charge in [0.2, 0.25) is 10.0 Å². The monoisotopic (exact) mass is 385 g/mol. The van der Waals surface area contributed by atoms with E-state index < -0.39 is 16.6 Å². The fourth-order valence-corrected chi connectivity index (χ4v) is 3.22. The Balaban J connectivity index is 2.17. The van der Waals surface area contributed by atoms with Gasteiger partial charge in [0.1, 0.15) is 0 Å². The lowest BCUT2D eigenvalue weighted by molar-refractivity contribution is -0.0512. The highest BCUT2D eigenvalue weighted by Crippen LogP contribution is 2.29. The molecule has 2 aromatic carbocycles. The zero-order chi connectivity index (χ0) is 19.3. The van der Waals surface area contributed by atoms with Crippen LogP contribution in [0.1, 0.15) is 22.8 Å². The van der Waals surface area contributed by atoms with E-state index in [9.17, 15) is 22.0 Å². The number of sulfonamides is 1. The molecular formula is C17H17F2NO5S. The number of nitrogens with one attached hydrogen (secondary N) is 1. The van der Waals surface area contributed by atoms with E-state index in [2.05, 4.69) is 9.46 Å². The summed E-state index contributed by atoms with van der Waals surface area (Å²) in [6.07, 6.45) is 0. The Morgan fingerprint density at radius 2 is 1.88 bits per heavy atom. The van der Waals surface area contributed by atoms with Crippen molar-refractivity contribution in [3.05, 3.63) is 53.6 Å². The van der Waals surface area contributed by atoms with E-state index in [1.807, 2.05) is 0 Å². The Labute approximate surface area is 149 Å². The molecular weight excluding hydrogens is 368 g/mol. The van der Waals surface area contributed by atoms with Gasteiger partial charge in [0.25, 0.3) is 0 Å². The van der Waals surface area contributed by atoms with Crippen LogP contribution < -0.4 is 14.2 Å². The number of benzene rings is 2. The van der Waals surface area contributed by atoms with E-state index in [1.165, 1.54) is 56.5 Å². The second kappa shape index (κ2) is 8.24. The summed E-state index contributed by atoms with van der Waals surface area (Å²) in [5.74, 6) is -0.342. The smallest absolute Gasteiger partial charge is 0.387 e. The number of hydrogen-bond acceptors (Lipinski definition) is 5. The first-order chi connectivity index (χ1) is 12.2. The molecule has 0 bridgehead atoms. The molecule has 0 unspecified atom stereocenters. The summed E-state index contributed by atoms with van der Waals surface area (Å²) < 4.78 is 61.1. The molecule has 2 rings (SSSR count). The maximum atomic E-state index is 12.4. The van der Waals surface area contributed by atoms with Crippen molar-refractivity contribution in [2.24, 2.45) is 0 Å². The van der Waals surface area contributed by atoms with Crippen LogP contribution in [0, 0.1) is 0 Å². The van der Waals surface area contributed by atoms with Gasteiger partial charge in [-0.3, -0.25) is 4.79 Å². The molecule has 0 heterocycles. The van der Waals surface area contributed by atoms with Crippen molar-refractivity contribution in [3.63, 3.8) is 0 Å².